The zero-order valence-corrected chi connectivity index (χ0v) is 24.5. The molecule has 0 unspecified atom stereocenters. The van der Waals surface area contributed by atoms with Crippen LogP contribution in [-0.2, 0) is 4.74 Å². The number of hydrogen-bond donors (Lipinski definition) is 2. The highest BCUT2D eigenvalue weighted by Gasteiger charge is 2.27. The van der Waals surface area contributed by atoms with Gasteiger partial charge in [-0.1, -0.05) is 52.3 Å². The van der Waals surface area contributed by atoms with Gasteiger partial charge in [-0.05, 0) is 93.5 Å². The lowest BCUT2D eigenvalue weighted by atomic mass is 9.98. The molecule has 2 amide bonds. The quantitative estimate of drug-likeness (QED) is 0.318. The summed E-state index contributed by atoms with van der Waals surface area (Å²) in [6.07, 6.45) is 1.75. The lowest BCUT2D eigenvalue weighted by Gasteiger charge is -2.34. The van der Waals surface area contributed by atoms with Crippen molar-refractivity contribution in [1.82, 2.24) is 10.2 Å². The van der Waals surface area contributed by atoms with Crippen LogP contribution in [0.15, 0.2) is 59.1 Å². The van der Waals surface area contributed by atoms with Gasteiger partial charge in [0.2, 0.25) is 0 Å². The highest BCUT2D eigenvalue weighted by atomic mass is 79.9. The van der Waals surface area contributed by atoms with Crippen LogP contribution in [0.5, 0.6) is 0 Å². The zero-order chi connectivity index (χ0) is 27.4. The summed E-state index contributed by atoms with van der Waals surface area (Å²) < 4.78 is 6.60. The molecule has 3 aromatic rings. The number of nitrogens with one attached hydrogen (secondary N) is 2. The van der Waals surface area contributed by atoms with Gasteiger partial charge in [0.15, 0.2) is 0 Å². The number of ether oxygens (including phenoxy) is 1. The Balaban J connectivity index is 1.40. The van der Waals surface area contributed by atoms with Crippen LogP contribution in [0.4, 0.5) is 10.5 Å². The van der Waals surface area contributed by atoms with Gasteiger partial charge >= 0.3 is 6.09 Å². The van der Waals surface area contributed by atoms with Crippen molar-refractivity contribution < 1.29 is 14.3 Å². The Morgan fingerprint density at radius 1 is 1.11 bits per heavy atom. The van der Waals surface area contributed by atoms with E-state index in [0.29, 0.717) is 18.0 Å². The normalized spacial score (nSPS) is 16.7. The number of halogens is 1. The molecule has 0 radical (unpaired) electrons. The zero-order valence-electron chi connectivity index (χ0n) is 22.9. The first kappa shape index (κ1) is 28.0. The van der Waals surface area contributed by atoms with Crippen LogP contribution in [0, 0.1) is 12.8 Å². The van der Waals surface area contributed by atoms with E-state index in [9.17, 15) is 9.59 Å². The second kappa shape index (κ2) is 11.8. The third-order valence-electron chi connectivity index (χ3n) is 6.97. The number of fused-ring (bicyclic) bond motifs is 1. The number of anilines is 1. The lowest BCUT2D eigenvalue weighted by molar-refractivity contribution is 0.0172. The van der Waals surface area contributed by atoms with Crippen molar-refractivity contribution in [3.05, 3.63) is 75.8 Å². The van der Waals surface area contributed by atoms with Gasteiger partial charge < -0.3 is 20.3 Å². The van der Waals surface area contributed by atoms with Crippen molar-refractivity contribution >= 4 is 44.4 Å². The van der Waals surface area contributed by atoms with Crippen LogP contribution in [0.2, 0.25) is 0 Å². The van der Waals surface area contributed by atoms with Gasteiger partial charge in [0.1, 0.15) is 5.60 Å². The molecule has 1 heterocycles. The Morgan fingerprint density at radius 3 is 2.58 bits per heavy atom. The van der Waals surface area contributed by atoms with Gasteiger partial charge in [-0.15, -0.1) is 0 Å². The summed E-state index contributed by atoms with van der Waals surface area (Å²) in [5.74, 6) is 0.222. The molecule has 4 rings (SSSR count). The number of amides is 2. The summed E-state index contributed by atoms with van der Waals surface area (Å²) in [5, 5.41) is 8.94. The molecule has 3 aromatic carbocycles. The molecule has 202 valence electrons. The third-order valence-corrected chi connectivity index (χ3v) is 7.66. The molecule has 0 saturated carbocycles. The van der Waals surface area contributed by atoms with Crippen molar-refractivity contribution in [2.75, 3.05) is 25.0 Å². The Labute approximate surface area is 234 Å². The molecule has 1 aliphatic rings. The second-order valence-electron chi connectivity index (χ2n) is 11.2. The molecule has 6 nitrogen and oxygen atoms in total. The van der Waals surface area contributed by atoms with Crippen molar-refractivity contribution in [2.45, 2.75) is 59.1 Å². The van der Waals surface area contributed by atoms with Crippen LogP contribution in [0.1, 0.15) is 68.1 Å². The van der Waals surface area contributed by atoms with Crippen LogP contribution >= 0.6 is 15.9 Å². The molecule has 38 heavy (non-hydrogen) atoms. The van der Waals surface area contributed by atoms with Crippen LogP contribution in [0.3, 0.4) is 0 Å². The summed E-state index contributed by atoms with van der Waals surface area (Å²) in [5.41, 5.74) is 3.06. The van der Waals surface area contributed by atoms with E-state index in [1.165, 1.54) is 0 Å². The number of hydrogen-bond acceptors (Lipinski definition) is 4. The fourth-order valence-electron chi connectivity index (χ4n) is 4.98. The fourth-order valence-corrected chi connectivity index (χ4v) is 5.46. The molecule has 0 bridgehead atoms. The maximum atomic E-state index is 13.3. The molecule has 0 spiro atoms. The molecule has 1 saturated heterocycles. The van der Waals surface area contributed by atoms with E-state index in [4.69, 9.17) is 4.74 Å². The first-order chi connectivity index (χ1) is 18.0. The van der Waals surface area contributed by atoms with Gasteiger partial charge in [-0.3, -0.25) is 4.79 Å². The first-order valence-electron chi connectivity index (χ1n) is 13.3. The molecule has 7 heteroatoms. The number of nitrogens with zero attached hydrogens (tertiary/aromatic N) is 1. The summed E-state index contributed by atoms with van der Waals surface area (Å²) in [6, 6.07) is 18.0. The van der Waals surface area contributed by atoms with E-state index < -0.39 is 5.60 Å². The van der Waals surface area contributed by atoms with E-state index in [-0.39, 0.29) is 18.0 Å². The maximum absolute atomic E-state index is 13.3. The smallest absolute Gasteiger partial charge is 0.410 e. The highest BCUT2D eigenvalue weighted by molar-refractivity contribution is 9.10. The number of rotatable bonds is 6. The largest absolute Gasteiger partial charge is 0.444 e. The predicted octanol–water partition coefficient (Wildman–Crippen LogP) is 7.46. The molecular formula is C31H38BrN3O3. The van der Waals surface area contributed by atoms with Crippen molar-refractivity contribution in [3.63, 3.8) is 0 Å². The topological polar surface area (TPSA) is 70.7 Å². The van der Waals surface area contributed by atoms with Crippen molar-refractivity contribution in [3.8, 4) is 0 Å². The Kier molecular flexibility index (Phi) is 8.66. The first-order valence-corrected chi connectivity index (χ1v) is 14.1. The average molecular weight is 581 g/mol. The maximum Gasteiger partial charge on any atom is 0.410 e. The summed E-state index contributed by atoms with van der Waals surface area (Å²) in [6.45, 7) is 11.8. The predicted molar refractivity (Wildman–Crippen MR) is 158 cm³/mol. The van der Waals surface area contributed by atoms with Gasteiger partial charge in [0.05, 0.1) is 6.04 Å². The van der Waals surface area contributed by atoms with E-state index in [1.807, 2.05) is 75.9 Å². The standard InChI is InChI=1S/C31H38BrN3O3/c1-20-12-13-23(33-18-22-9-8-16-35(19-22)30(37)38-31(3,4)5)17-27(20)29(36)34-21(2)24-14-15-28(32)26-11-7-6-10-25(24)26/h6-7,10-15,17,21-22,33H,8-9,16,18-19H2,1-5H3,(H,34,36)/t21-,22+/m1/s1. The van der Waals surface area contributed by atoms with Gasteiger partial charge in [0.25, 0.3) is 5.91 Å². The lowest BCUT2D eigenvalue weighted by Crippen LogP contribution is -2.44. The SMILES string of the molecule is Cc1ccc(NC[C@@H]2CCCN(C(=O)OC(C)(C)C)C2)cc1C(=O)N[C@H](C)c1ccc(Br)c2ccccc12. The molecule has 1 fully saturated rings. The summed E-state index contributed by atoms with van der Waals surface area (Å²) >= 11 is 3.63. The fraction of sp³-hybridized carbons (Fsp3) is 0.419. The van der Waals surface area contributed by atoms with Gasteiger partial charge in [-0.2, -0.15) is 0 Å². The van der Waals surface area contributed by atoms with Crippen molar-refractivity contribution in [2.24, 2.45) is 5.92 Å². The third kappa shape index (κ3) is 6.87. The number of carbonyl (C=O) groups is 2. The number of carbonyl (C=O) groups excluding carboxylic acids is 2. The van der Waals surface area contributed by atoms with Gasteiger partial charge in [-0.25, -0.2) is 4.79 Å². The van der Waals surface area contributed by atoms with E-state index in [0.717, 1.165) is 58.0 Å². The molecular weight excluding hydrogens is 542 g/mol. The highest BCUT2D eigenvalue weighted by Crippen LogP contribution is 2.30. The molecule has 1 aliphatic heterocycles. The van der Waals surface area contributed by atoms with E-state index in [2.05, 4.69) is 44.8 Å². The Morgan fingerprint density at radius 2 is 1.84 bits per heavy atom. The number of piperidine rings is 1. The Bertz CT molecular complexity index is 1320. The van der Waals surface area contributed by atoms with E-state index in [1.54, 1.807) is 0 Å². The number of benzene rings is 3. The minimum absolute atomic E-state index is 0.0978. The van der Waals surface area contributed by atoms with Crippen LogP contribution in [0.25, 0.3) is 10.8 Å². The molecule has 2 atom stereocenters. The van der Waals surface area contributed by atoms with Crippen molar-refractivity contribution in [1.29, 1.82) is 0 Å². The summed E-state index contributed by atoms with van der Waals surface area (Å²) in [7, 11) is 0. The van der Waals surface area contributed by atoms with E-state index >= 15 is 0 Å². The molecule has 0 aromatic heterocycles. The second-order valence-corrected chi connectivity index (χ2v) is 12.1. The number of likely N-dealkylation sites (tertiary alicyclic amines) is 1. The Hall–Kier alpha value is -3.06. The molecule has 2 N–H and O–H groups in total. The summed E-state index contributed by atoms with van der Waals surface area (Å²) in [4.78, 5) is 27.7. The minimum atomic E-state index is -0.497. The van der Waals surface area contributed by atoms with Crippen LogP contribution in [-0.4, -0.2) is 42.1 Å². The molecule has 0 aliphatic carbocycles. The minimum Gasteiger partial charge on any atom is -0.444 e. The monoisotopic (exact) mass is 579 g/mol. The number of aryl methyl sites for hydroxylation is 1. The van der Waals surface area contributed by atoms with Gasteiger partial charge in [0, 0.05) is 35.4 Å². The van der Waals surface area contributed by atoms with Crippen LogP contribution < -0.4 is 10.6 Å². The average Bonchev–Trinajstić information content (AvgIpc) is 2.87.